The molecule has 2 N–H and O–H groups in total. The van der Waals surface area contributed by atoms with Gasteiger partial charge in [-0.3, -0.25) is 4.79 Å². The van der Waals surface area contributed by atoms with Gasteiger partial charge in [-0.05, 0) is 30.7 Å². The SMILES string of the molecule is CSCCNC(=NCC(=O)N(C)C)NCC1(c2ccccc2Cl)CC1. The minimum atomic E-state index is -0.0156. The van der Waals surface area contributed by atoms with Crippen molar-refractivity contribution in [3.05, 3.63) is 34.9 Å². The van der Waals surface area contributed by atoms with E-state index in [0.717, 1.165) is 36.7 Å². The number of likely N-dealkylation sites (N-methyl/N-ethyl adjacent to an activating group) is 1. The van der Waals surface area contributed by atoms with Gasteiger partial charge in [-0.2, -0.15) is 11.8 Å². The summed E-state index contributed by atoms with van der Waals surface area (Å²) in [6, 6.07) is 8.03. The van der Waals surface area contributed by atoms with Crippen LogP contribution in [0, 0.1) is 0 Å². The highest BCUT2D eigenvalue weighted by molar-refractivity contribution is 7.98. The normalized spacial score (nSPS) is 15.6. The number of carbonyl (C=O) groups is 1. The highest BCUT2D eigenvalue weighted by Crippen LogP contribution is 2.49. The number of benzene rings is 1. The standard InChI is InChI=1S/C18H27ClN4OS/c1-23(2)16(24)12-21-17(20-10-11-25-3)22-13-18(8-9-18)14-6-4-5-7-15(14)19/h4-7H,8-13H2,1-3H3,(H2,20,21,22). The summed E-state index contributed by atoms with van der Waals surface area (Å²) < 4.78 is 0. The molecule has 0 bridgehead atoms. The van der Waals surface area contributed by atoms with Crippen LogP contribution in [0.5, 0.6) is 0 Å². The average Bonchev–Trinajstić information content (AvgIpc) is 3.38. The molecule has 1 aromatic rings. The average molecular weight is 383 g/mol. The first-order valence-electron chi connectivity index (χ1n) is 8.45. The molecule has 25 heavy (non-hydrogen) atoms. The fourth-order valence-electron chi connectivity index (χ4n) is 2.57. The molecule has 1 fully saturated rings. The van der Waals surface area contributed by atoms with Crippen molar-refractivity contribution in [3.8, 4) is 0 Å². The zero-order valence-electron chi connectivity index (χ0n) is 15.1. The zero-order valence-corrected chi connectivity index (χ0v) is 16.7. The Hall–Kier alpha value is -1.40. The summed E-state index contributed by atoms with van der Waals surface area (Å²) in [5.41, 5.74) is 1.27. The monoisotopic (exact) mass is 382 g/mol. The summed E-state index contributed by atoms with van der Waals surface area (Å²) in [6.45, 7) is 1.71. The van der Waals surface area contributed by atoms with Gasteiger partial charge < -0.3 is 15.5 Å². The van der Waals surface area contributed by atoms with E-state index < -0.39 is 0 Å². The van der Waals surface area contributed by atoms with Gasteiger partial charge >= 0.3 is 0 Å². The topological polar surface area (TPSA) is 56.7 Å². The van der Waals surface area contributed by atoms with Gasteiger partial charge in [-0.25, -0.2) is 4.99 Å². The number of nitrogens with one attached hydrogen (secondary N) is 2. The molecule has 7 heteroatoms. The van der Waals surface area contributed by atoms with Crippen molar-refractivity contribution in [1.82, 2.24) is 15.5 Å². The van der Waals surface area contributed by atoms with E-state index in [1.807, 2.05) is 18.2 Å². The summed E-state index contributed by atoms with van der Waals surface area (Å²) in [6.07, 6.45) is 4.29. The first-order valence-corrected chi connectivity index (χ1v) is 10.2. The molecule has 5 nitrogen and oxygen atoms in total. The van der Waals surface area contributed by atoms with Gasteiger partial charge in [0.1, 0.15) is 6.54 Å². The molecule has 1 saturated carbocycles. The molecule has 0 unspecified atom stereocenters. The Balaban J connectivity index is 2.00. The first-order chi connectivity index (χ1) is 12.0. The van der Waals surface area contributed by atoms with Crippen molar-refractivity contribution in [2.45, 2.75) is 18.3 Å². The molecule has 1 aromatic carbocycles. The molecule has 0 aliphatic heterocycles. The summed E-state index contributed by atoms with van der Waals surface area (Å²) >= 11 is 8.15. The van der Waals surface area contributed by atoms with Gasteiger partial charge in [0, 0.05) is 43.4 Å². The third kappa shape index (κ3) is 5.82. The van der Waals surface area contributed by atoms with E-state index in [9.17, 15) is 4.79 Å². The Bertz CT molecular complexity index is 617. The van der Waals surface area contributed by atoms with Crippen LogP contribution < -0.4 is 10.6 Å². The molecular weight excluding hydrogens is 356 g/mol. The highest BCUT2D eigenvalue weighted by Gasteiger charge is 2.45. The molecule has 1 aliphatic rings. The van der Waals surface area contributed by atoms with Crippen molar-refractivity contribution in [2.75, 3.05) is 45.7 Å². The summed E-state index contributed by atoms with van der Waals surface area (Å²) in [4.78, 5) is 17.8. The van der Waals surface area contributed by atoms with Crippen molar-refractivity contribution < 1.29 is 4.79 Å². The second-order valence-electron chi connectivity index (χ2n) is 6.49. The molecular formula is C18H27ClN4OS. The second-order valence-corrected chi connectivity index (χ2v) is 7.88. The molecule has 1 aliphatic carbocycles. The van der Waals surface area contributed by atoms with E-state index in [1.165, 1.54) is 5.56 Å². The number of hydrogen-bond donors (Lipinski definition) is 2. The van der Waals surface area contributed by atoms with Gasteiger partial charge in [0.05, 0.1) is 0 Å². The maximum atomic E-state index is 11.8. The summed E-state index contributed by atoms with van der Waals surface area (Å²) in [5.74, 6) is 1.65. The Labute approximate surface area is 159 Å². The highest BCUT2D eigenvalue weighted by atomic mass is 35.5. The number of rotatable bonds is 8. The van der Waals surface area contributed by atoms with Crippen molar-refractivity contribution in [1.29, 1.82) is 0 Å². The number of guanidine groups is 1. The van der Waals surface area contributed by atoms with Gasteiger partial charge in [-0.1, -0.05) is 29.8 Å². The third-order valence-corrected chi connectivity index (χ3v) is 5.30. The molecule has 0 heterocycles. The molecule has 0 atom stereocenters. The Kier molecular flexibility index (Phi) is 7.44. The fourth-order valence-corrected chi connectivity index (χ4v) is 3.21. The molecule has 0 aromatic heterocycles. The van der Waals surface area contributed by atoms with Crippen LogP contribution in [0.1, 0.15) is 18.4 Å². The van der Waals surface area contributed by atoms with Crippen LogP contribution >= 0.6 is 23.4 Å². The Morgan fingerprint density at radius 2 is 2.04 bits per heavy atom. The molecule has 1 amide bonds. The number of hydrogen-bond acceptors (Lipinski definition) is 3. The Morgan fingerprint density at radius 3 is 2.64 bits per heavy atom. The predicted molar refractivity (Wildman–Crippen MR) is 108 cm³/mol. The van der Waals surface area contributed by atoms with Crippen LogP contribution in [-0.2, 0) is 10.2 Å². The molecule has 0 spiro atoms. The number of aliphatic imine (C=N–C) groups is 1. The van der Waals surface area contributed by atoms with Crippen molar-refractivity contribution in [2.24, 2.45) is 4.99 Å². The van der Waals surface area contributed by atoms with E-state index in [1.54, 1.807) is 30.8 Å². The van der Waals surface area contributed by atoms with Crippen molar-refractivity contribution in [3.63, 3.8) is 0 Å². The maximum Gasteiger partial charge on any atom is 0.243 e. The van der Waals surface area contributed by atoms with E-state index in [2.05, 4.69) is 27.9 Å². The number of nitrogens with zero attached hydrogens (tertiary/aromatic N) is 2. The van der Waals surface area contributed by atoms with Crippen LogP contribution in [0.2, 0.25) is 5.02 Å². The van der Waals surface area contributed by atoms with Crippen LogP contribution in [0.15, 0.2) is 29.3 Å². The molecule has 0 saturated heterocycles. The van der Waals surface area contributed by atoms with Crippen molar-refractivity contribution >= 4 is 35.2 Å². The minimum Gasteiger partial charge on any atom is -0.356 e. The fraction of sp³-hybridized carbons (Fsp3) is 0.556. The van der Waals surface area contributed by atoms with Crippen LogP contribution in [-0.4, -0.2) is 62.5 Å². The number of halogens is 1. The lowest BCUT2D eigenvalue weighted by Crippen LogP contribution is -2.43. The van der Waals surface area contributed by atoms with Gasteiger partial charge in [-0.15, -0.1) is 0 Å². The van der Waals surface area contributed by atoms with Crippen LogP contribution in [0.4, 0.5) is 0 Å². The zero-order chi connectivity index (χ0) is 18.3. The van der Waals surface area contributed by atoms with E-state index in [-0.39, 0.29) is 17.9 Å². The van der Waals surface area contributed by atoms with Crippen LogP contribution in [0.3, 0.4) is 0 Å². The lowest BCUT2D eigenvalue weighted by Gasteiger charge is -2.20. The molecule has 0 radical (unpaired) electrons. The number of carbonyl (C=O) groups excluding carboxylic acids is 1. The molecule has 2 rings (SSSR count). The lowest BCUT2D eigenvalue weighted by atomic mass is 9.96. The Morgan fingerprint density at radius 1 is 1.32 bits per heavy atom. The minimum absolute atomic E-state index is 0.0156. The quantitative estimate of drug-likeness (QED) is 0.411. The smallest absolute Gasteiger partial charge is 0.243 e. The van der Waals surface area contributed by atoms with E-state index >= 15 is 0 Å². The third-order valence-electron chi connectivity index (χ3n) is 4.36. The van der Waals surface area contributed by atoms with Gasteiger partial charge in [0.2, 0.25) is 5.91 Å². The molecule has 138 valence electrons. The largest absolute Gasteiger partial charge is 0.356 e. The number of thioether (sulfide) groups is 1. The summed E-state index contributed by atoms with van der Waals surface area (Å²) in [5, 5.41) is 7.52. The van der Waals surface area contributed by atoms with Gasteiger partial charge in [0.15, 0.2) is 5.96 Å². The first kappa shape index (κ1) is 19.9. The lowest BCUT2D eigenvalue weighted by molar-refractivity contribution is -0.127. The van der Waals surface area contributed by atoms with Crippen LogP contribution in [0.25, 0.3) is 0 Å². The van der Waals surface area contributed by atoms with E-state index in [0.29, 0.717) is 5.96 Å². The van der Waals surface area contributed by atoms with Gasteiger partial charge in [0.25, 0.3) is 0 Å². The maximum absolute atomic E-state index is 11.8. The predicted octanol–water partition coefficient (Wildman–Crippen LogP) is 2.36. The van der Waals surface area contributed by atoms with E-state index in [4.69, 9.17) is 11.6 Å². The summed E-state index contributed by atoms with van der Waals surface area (Å²) in [7, 11) is 3.48. The second kappa shape index (κ2) is 9.34. The number of amides is 1.